The Balaban J connectivity index is 1.28. The molecule has 2 heterocycles. The minimum absolute atomic E-state index is 0.00663. The fraction of sp³-hybridized carbons (Fsp3) is 0.316. The summed E-state index contributed by atoms with van der Waals surface area (Å²) in [5.74, 6) is 0.0503. The van der Waals surface area contributed by atoms with Gasteiger partial charge in [-0.05, 0) is 36.2 Å². The van der Waals surface area contributed by atoms with Crippen LogP contribution in [0.5, 0.6) is 11.5 Å². The van der Waals surface area contributed by atoms with Crippen molar-refractivity contribution in [3.8, 4) is 11.5 Å². The Morgan fingerprint density at radius 1 is 1.12 bits per heavy atom. The van der Waals surface area contributed by atoms with Crippen LogP contribution in [-0.2, 0) is 4.79 Å². The second kappa shape index (κ2) is 6.93. The largest absolute Gasteiger partial charge is 0.508 e. The molecule has 0 aromatic heterocycles. The van der Waals surface area contributed by atoms with Crippen molar-refractivity contribution < 1.29 is 19.0 Å². The number of amides is 1. The number of hydrogen-bond donors (Lipinski definition) is 3. The molecular formula is C19H20FN3O3. The summed E-state index contributed by atoms with van der Waals surface area (Å²) in [6.07, 6.45) is 0.442. The average molecular weight is 357 g/mol. The van der Waals surface area contributed by atoms with E-state index in [1.54, 1.807) is 35.2 Å². The smallest absolute Gasteiger partial charge is 0.241 e. The van der Waals surface area contributed by atoms with Gasteiger partial charge in [0, 0.05) is 6.04 Å². The molecule has 2 fully saturated rings. The van der Waals surface area contributed by atoms with Gasteiger partial charge in [0.2, 0.25) is 5.91 Å². The molecule has 2 aliphatic rings. The summed E-state index contributed by atoms with van der Waals surface area (Å²) >= 11 is 0. The van der Waals surface area contributed by atoms with E-state index in [4.69, 9.17) is 4.74 Å². The van der Waals surface area contributed by atoms with Crippen LogP contribution in [0.1, 0.15) is 18.0 Å². The first-order valence-corrected chi connectivity index (χ1v) is 8.60. The molecule has 4 rings (SSSR count). The highest BCUT2D eigenvalue weighted by Crippen LogP contribution is 2.26. The summed E-state index contributed by atoms with van der Waals surface area (Å²) in [6.45, 7) is 0.907. The van der Waals surface area contributed by atoms with Crippen molar-refractivity contribution in [3.05, 3.63) is 59.9 Å². The predicted octanol–water partition coefficient (Wildman–Crippen LogP) is 1.73. The fourth-order valence-corrected chi connectivity index (χ4v) is 3.28. The van der Waals surface area contributed by atoms with E-state index in [-0.39, 0.29) is 35.6 Å². The number of carbonyl (C=O) groups is 1. The first-order chi connectivity index (χ1) is 12.6. The molecule has 7 heteroatoms. The van der Waals surface area contributed by atoms with E-state index < -0.39 is 5.82 Å². The summed E-state index contributed by atoms with van der Waals surface area (Å²) in [6, 6.07) is 12.9. The van der Waals surface area contributed by atoms with Crippen LogP contribution >= 0.6 is 0 Å². The maximum atomic E-state index is 13.6. The summed E-state index contributed by atoms with van der Waals surface area (Å²) in [5, 5.41) is 9.37. The van der Waals surface area contributed by atoms with Gasteiger partial charge in [-0.25, -0.2) is 15.2 Å². The lowest BCUT2D eigenvalue weighted by Gasteiger charge is -2.40. The predicted molar refractivity (Wildman–Crippen MR) is 92.9 cm³/mol. The Kier molecular flexibility index (Phi) is 4.48. The van der Waals surface area contributed by atoms with E-state index in [9.17, 15) is 14.3 Å². The van der Waals surface area contributed by atoms with Crippen LogP contribution < -0.4 is 15.6 Å². The van der Waals surface area contributed by atoms with Crippen LogP contribution in [0.15, 0.2) is 48.5 Å². The van der Waals surface area contributed by atoms with E-state index in [1.165, 1.54) is 6.07 Å². The number of carbonyl (C=O) groups excluding carboxylic acids is 1. The number of para-hydroxylation sites is 1. The second-order valence-electron chi connectivity index (χ2n) is 6.63. The first-order valence-electron chi connectivity index (χ1n) is 8.60. The summed E-state index contributed by atoms with van der Waals surface area (Å²) in [4.78, 5) is 14.3. The number of ether oxygens (including phenoxy) is 1. The lowest BCUT2D eigenvalue weighted by atomic mass is 10.0. The molecule has 0 spiro atoms. The van der Waals surface area contributed by atoms with Crippen molar-refractivity contribution in [2.75, 3.05) is 13.1 Å². The molecule has 2 atom stereocenters. The lowest BCUT2D eigenvalue weighted by Crippen LogP contribution is -2.60. The molecule has 0 saturated carbocycles. The van der Waals surface area contributed by atoms with Gasteiger partial charge < -0.3 is 14.7 Å². The normalized spacial score (nSPS) is 22.9. The zero-order chi connectivity index (χ0) is 18.1. The van der Waals surface area contributed by atoms with Crippen LogP contribution in [0, 0.1) is 5.82 Å². The molecule has 2 aliphatic heterocycles. The third-order valence-electron chi connectivity index (χ3n) is 4.79. The summed E-state index contributed by atoms with van der Waals surface area (Å²) in [7, 11) is 0. The molecule has 1 amide bonds. The van der Waals surface area contributed by atoms with Crippen molar-refractivity contribution in [3.63, 3.8) is 0 Å². The van der Waals surface area contributed by atoms with Gasteiger partial charge in [-0.2, -0.15) is 0 Å². The number of phenols is 1. The SMILES string of the molecule is O=C(C1CC(c2ccc(O)cc2)NN1)N1CC(Oc2ccccc2F)C1. The third kappa shape index (κ3) is 3.36. The van der Waals surface area contributed by atoms with E-state index in [2.05, 4.69) is 10.9 Å². The van der Waals surface area contributed by atoms with Gasteiger partial charge in [-0.3, -0.25) is 4.79 Å². The third-order valence-corrected chi connectivity index (χ3v) is 4.79. The van der Waals surface area contributed by atoms with Gasteiger partial charge >= 0.3 is 0 Å². The number of aromatic hydroxyl groups is 1. The van der Waals surface area contributed by atoms with Crippen molar-refractivity contribution in [1.82, 2.24) is 15.8 Å². The molecule has 2 aromatic rings. The van der Waals surface area contributed by atoms with Gasteiger partial charge in [0.15, 0.2) is 11.6 Å². The average Bonchev–Trinajstić information content (AvgIpc) is 3.09. The molecule has 2 saturated heterocycles. The van der Waals surface area contributed by atoms with E-state index in [1.807, 2.05) is 12.1 Å². The lowest BCUT2D eigenvalue weighted by molar-refractivity contribution is -0.142. The molecule has 136 valence electrons. The Labute approximate surface area is 150 Å². The van der Waals surface area contributed by atoms with Gasteiger partial charge in [0.25, 0.3) is 0 Å². The fourth-order valence-electron chi connectivity index (χ4n) is 3.28. The minimum atomic E-state index is -0.393. The maximum absolute atomic E-state index is 13.6. The summed E-state index contributed by atoms with van der Waals surface area (Å²) < 4.78 is 19.2. The van der Waals surface area contributed by atoms with Crippen molar-refractivity contribution >= 4 is 5.91 Å². The Morgan fingerprint density at radius 2 is 1.85 bits per heavy atom. The van der Waals surface area contributed by atoms with Gasteiger partial charge in [-0.15, -0.1) is 0 Å². The zero-order valence-electron chi connectivity index (χ0n) is 14.1. The topological polar surface area (TPSA) is 73.8 Å². The maximum Gasteiger partial charge on any atom is 0.241 e. The molecule has 2 unspecified atom stereocenters. The van der Waals surface area contributed by atoms with Crippen LogP contribution in [-0.4, -0.2) is 41.1 Å². The molecule has 2 aromatic carbocycles. The molecule has 0 bridgehead atoms. The van der Waals surface area contributed by atoms with Crippen LogP contribution in [0.25, 0.3) is 0 Å². The number of nitrogens with zero attached hydrogens (tertiary/aromatic N) is 1. The Morgan fingerprint density at radius 3 is 2.58 bits per heavy atom. The second-order valence-corrected chi connectivity index (χ2v) is 6.63. The highest BCUT2D eigenvalue weighted by Gasteiger charge is 2.39. The molecular weight excluding hydrogens is 337 g/mol. The number of hydrogen-bond acceptors (Lipinski definition) is 5. The van der Waals surface area contributed by atoms with Crippen LogP contribution in [0.2, 0.25) is 0 Å². The molecule has 3 N–H and O–H groups in total. The number of likely N-dealkylation sites (tertiary alicyclic amines) is 1. The van der Waals surface area contributed by atoms with E-state index >= 15 is 0 Å². The molecule has 0 aliphatic carbocycles. The molecule has 26 heavy (non-hydrogen) atoms. The molecule has 6 nitrogen and oxygen atoms in total. The van der Waals surface area contributed by atoms with Gasteiger partial charge in [0.1, 0.15) is 17.9 Å². The number of hydrazine groups is 1. The highest BCUT2D eigenvalue weighted by atomic mass is 19.1. The minimum Gasteiger partial charge on any atom is -0.508 e. The van der Waals surface area contributed by atoms with Crippen LogP contribution in [0.4, 0.5) is 4.39 Å². The quantitative estimate of drug-likeness (QED) is 0.777. The number of rotatable bonds is 4. The van der Waals surface area contributed by atoms with Gasteiger partial charge in [0.05, 0.1) is 13.1 Å². The van der Waals surface area contributed by atoms with Crippen molar-refractivity contribution in [2.24, 2.45) is 0 Å². The van der Waals surface area contributed by atoms with E-state index in [0.29, 0.717) is 19.5 Å². The van der Waals surface area contributed by atoms with E-state index in [0.717, 1.165) is 5.56 Å². The number of halogens is 1. The number of benzene rings is 2. The zero-order valence-corrected chi connectivity index (χ0v) is 14.1. The summed E-state index contributed by atoms with van der Waals surface area (Å²) in [5.41, 5.74) is 7.17. The van der Waals surface area contributed by atoms with Crippen molar-refractivity contribution in [1.29, 1.82) is 0 Å². The van der Waals surface area contributed by atoms with Crippen LogP contribution in [0.3, 0.4) is 0 Å². The number of nitrogens with one attached hydrogen (secondary N) is 2. The Hall–Kier alpha value is -2.64. The highest BCUT2D eigenvalue weighted by molar-refractivity contribution is 5.83. The first kappa shape index (κ1) is 16.8. The number of phenolic OH excluding ortho intramolecular Hbond substituents is 1. The standard InChI is InChI=1S/C19H20FN3O3/c20-15-3-1-2-4-18(15)26-14-10-23(11-14)19(25)17-9-16(21-22-17)12-5-7-13(24)8-6-12/h1-8,14,16-17,21-22,24H,9-11H2. The van der Waals surface area contributed by atoms with Crippen molar-refractivity contribution in [2.45, 2.75) is 24.6 Å². The molecule has 0 radical (unpaired) electrons. The van der Waals surface area contributed by atoms with Gasteiger partial charge in [-0.1, -0.05) is 24.3 Å². The Bertz CT molecular complexity index is 793. The monoisotopic (exact) mass is 357 g/mol.